The van der Waals surface area contributed by atoms with E-state index in [9.17, 15) is 9.90 Å². The highest BCUT2D eigenvalue weighted by Gasteiger charge is 2.52. The van der Waals surface area contributed by atoms with Crippen LogP contribution in [0.1, 0.15) is 33.1 Å². The zero-order valence-corrected chi connectivity index (χ0v) is 9.58. The Balaban J connectivity index is 2.90. The molecule has 1 atom stereocenters. The Morgan fingerprint density at radius 1 is 1.36 bits per heavy atom. The van der Waals surface area contributed by atoms with E-state index in [1.807, 2.05) is 14.1 Å². The fourth-order valence-electron chi connectivity index (χ4n) is 2.92. The Morgan fingerprint density at radius 3 is 1.93 bits per heavy atom. The zero-order valence-electron chi connectivity index (χ0n) is 9.58. The molecule has 0 aromatic rings. The van der Waals surface area contributed by atoms with Crippen molar-refractivity contribution in [1.82, 2.24) is 4.90 Å². The average Bonchev–Trinajstić information content (AvgIpc) is 1.93. The molecule has 1 saturated carbocycles. The Hall–Kier alpha value is -0.570. The molecule has 1 aliphatic rings. The second kappa shape index (κ2) is 3.89. The van der Waals surface area contributed by atoms with Gasteiger partial charge in [0.05, 0.1) is 5.41 Å². The van der Waals surface area contributed by atoms with Gasteiger partial charge in [-0.1, -0.05) is 20.3 Å². The third kappa shape index (κ3) is 1.65. The first-order chi connectivity index (χ1) is 6.42. The molecule has 82 valence electrons. The first kappa shape index (κ1) is 11.5. The summed E-state index contributed by atoms with van der Waals surface area (Å²) in [7, 11) is 3.96. The van der Waals surface area contributed by atoms with Crippen molar-refractivity contribution in [2.75, 3.05) is 14.1 Å². The van der Waals surface area contributed by atoms with Gasteiger partial charge in [0.1, 0.15) is 0 Å². The largest absolute Gasteiger partial charge is 0.481 e. The van der Waals surface area contributed by atoms with Crippen LogP contribution in [0.3, 0.4) is 0 Å². The molecule has 14 heavy (non-hydrogen) atoms. The maximum Gasteiger partial charge on any atom is 0.311 e. The van der Waals surface area contributed by atoms with Crippen LogP contribution in [0.25, 0.3) is 0 Å². The van der Waals surface area contributed by atoms with Crippen molar-refractivity contribution in [3.63, 3.8) is 0 Å². The quantitative estimate of drug-likeness (QED) is 0.751. The molecule has 1 aliphatic carbocycles. The third-order valence-electron chi connectivity index (χ3n) is 3.43. The summed E-state index contributed by atoms with van der Waals surface area (Å²) >= 11 is 0. The molecule has 1 fully saturated rings. The number of nitrogens with zero attached hydrogens (tertiary/aromatic N) is 1. The summed E-state index contributed by atoms with van der Waals surface area (Å²) in [4.78, 5) is 13.4. The minimum absolute atomic E-state index is 0.161. The number of carboxylic acid groups (broad SMARTS) is 1. The topological polar surface area (TPSA) is 40.5 Å². The van der Waals surface area contributed by atoms with Crippen LogP contribution in [0, 0.1) is 11.3 Å². The molecule has 0 bridgehead atoms. The second-order valence-corrected chi connectivity index (χ2v) is 4.97. The van der Waals surface area contributed by atoms with Crippen LogP contribution in [-0.2, 0) is 4.79 Å². The van der Waals surface area contributed by atoms with Crippen LogP contribution in [0.15, 0.2) is 0 Å². The van der Waals surface area contributed by atoms with Crippen molar-refractivity contribution in [1.29, 1.82) is 0 Å². The Morgan fingerprint density at radius 2 is 1.86 bits per heavy atom. The number of aliphatic carboxylic acids is 1. The van der Waals surface area contributed by atoms with Crippen molar-refractivity contribution in [3.05, 3.63) is 0 Å². The fourth-order valence-corrected chi connectivity index (χ4v) is 2.92. The number of carboxylic acids is 1. The normalized spacial score (nSPS) is 22.1. The van der Waals surface area contributed by atoms with Gasteiger partial charge in [-0.05, 0) is 32.9 Å². The highest BCUT2D eigenvalue weighted by molar-refractivity contribution is 5.76. The van der Waals surface area contributed by atoms with E-state index in [0.29, 0.717) is 5.92 Å². The first-order valence-corrected chi connectivity index (χ1v) is 5.31. The van der Waals surface area contributed by atoms with E-state index in [-0.39, 0.29) is 6.04 Å². The highest BCUT2D eigenvalue weighted by Crippen LogP contribution is 2.47. The van der Waals surface area contributed by atoms with Crippen molar-refractivity contribution in [3.8, 4) is 0 Å². The van der Waals surface area contributed by atoms with Crippen LogP contribution in [0.2, 0.25) is 0 Å². The van der Waals surface area contributed by atoms with E-state index < -0.39 is 11.4 Å². The second-order valence-electron chi connectivity index (χ2n) is 4.97. The summed E-state index contributed by atoms with van der Waals surface area (Å²) in [6, 6.07) is 0.161. The molecule has 0 aromatic heterocycles. The highest BCUT2D eigenvalue weighted by atomic mass is 16.4. The van der Waals surface area contributed by atoms with Gasteiger partial charge in [0.2, 0.25) is 0 Å². The van der Waals surface area contributed by atoms with Crippen LogP contribution < -0.4 is 0 Å². The van der Waals surface area contributed by atoms with Crippen LogP contribution in [0.5, 0.6) is 0 Å². The van der Waals surface area contributed by atoms with Crippen LogP contribution >= 0.6 is 0 Å². The van der Waals surface area contributed by atoms with Crippen molar-refractivity contribution < 1.29 is 9.90 Å². The number of carbonyl (C=O) groups is 1. The lowest BCUT2D eigenvalue weighted by Crippen LogP contribution is -2.56. The van der Waals surface area contributed by atoms with Gasteiger partial charge in [0.25, 0.3) is 0 Å². The lowest BCUT2D eigenvalue weighted by Gasteiger charge is -2.48. The van der Waals surface area contributed by atoms with Gasteiger partial charge in [-0.15, -0.1) is 0 Å². The monoisotopic (exact) mass is 199 g/mol. The minimum atomic E-state index is -0.615. The summed E-state index contributed by atoms with van der Waals surface area (Å²) < 4.78 is 0. The van der Waals surface area contributed by atoms with Crippen LogP contribution in [-0.4, -0.2) is 36.1 Å². The summed E-state index contributed by atoms with van der Waals surface area (Å²) in [6.45, 7) is 4.21. The molecule has 1 N–H and O–H groups in total. The standard InChI is InChI=1S/C11H21NO2/c1-8(2)9(12(3)4)11(10(13)14)6-5-7-11/h8-9H,5-7H2,1-4H3,(H,13,14). The molecule has 0 radical (unpaired) electrons. The summed E-state index contributed by atoms with van der Waals surface area (Å²) in [6.07, 6.45) is 2.73. The van der Waals surface area contributed by atoms with Crippen LogP contribution in [0.4, 0.5) is 0 Å². The Bertz CT molecular complexity index is 211. The number of hydrogen-bond acceptors (Lipinski definition) is 2. The lowest BCUT2D eigenvalue weighted by atomic mass is 9.61. The third-order valence-corrected chi connectivity index (χ3v) is 3.43. The van der Waals surface area contributed by atoms with Gasteiger partial charge in [0.15, 0.2) is 0 Å². The molecule has 0 aromatic carbocycles. The molecule has 0 aliphatic heterocycles. The molecular weight excluding hydrogens is 178 g/mol. The van der Waals surface area contributed by atoms with E-state index in [2.05, 4.69) is 18.7 Å². The smallest absolute Gasteiger partial charge is 0.311 e. The lowest BCUT2D eigenvalue weighted by molar-refractivity contribution is -0.162. The molecule has 1 rings (SSSR count). The number of hydrogen-bond donors (Lipinski definition) is 1. The van der Waals surface area contributed by atoms with Gasteiger partial charge in [-0.3, -0.25) is 4.79 Å². The van der Waals surface area contributed by atoms with Gasteiger partial charge in [-0.2, -0.15) is 0 Å². The molecule has 3 heteroatoms. The van der Waals surface area contributed by atoms with Crippen molar-refractivity contribution in [2.24, 2.45) is 11.3 Å². The average molecular weight is 199 g/mol. The Kier molecular flexibility index (Phi) is 3.20. The van der Waals surface area contributed by atoms with E-state index in [4.69, 9.17) is 0 Å². The molecule has 0 amide bonds. The van der Waals surface area contributed by atoms with E-state index in [0.717, 1.165) is 19.3 Å². The fraction of sp³-hybridized carbons (Fsp3) is 0.909. The summed E-state index contributed by atoms with van der Waals surface area (Å²) in [5, 5.41) is 9.33. The molecule has 0 saturated heterocycles. The maximum atomic E-state index is 11.3. The van der Waals surface area contributed by atoms with Gasteiger partial charge < -0.3 is 10.0 Å². The van der Waals surface area contributed by atoms with Gasteiger partial charge >= 0.3 is 5.97 Å². The molecule has 0 spiro atoms. The minimum Gasteiger partial charge on any atom is -0.481 e. The molecule has 0 heterocycles. The van der Waals surface area contributed by atoms with Gasteiger partial charge in [0, 0.05) is 6.04 Å². The first-order valence-electron chi connectivity index (χ1n) is 5.31. The van der Waals surface area contributed by atoms with E-state index in [1.54, 1.807) is 0 Å². The Labute approximate surface area is 86.1 Å². The zero-order chi connectivity index (χ0) is 10.9. The summed E-state index contributed by atoms with van der Waals surface area (Å²) in [5.74, 6) is -0.224. The molecule has 3 nitrogen and oxygen atoms in total. The maximum absolute atomic E-state index is 11.3. The van der Waals surface area contributed by atoms with Crippen molar-refractivity contribution >= 4 is 5.97 Å². The predicted octanol–water partition coefficient (Wildman–Crippen LogP) is 1.83. The van der Waals surface area contributed by atoms with E-state index >= 15 is 0 Å². The number of rotatable bonds is 4. The van der Waals surface area contributed by atoms with E-state index in [1.165, 1.54) is 0 Å². The summed E-state index contributed by atoms with van der Waals surface area (Å²) in [5.41, 5.74) is -0.475. The molecule has 1 unspecified atom stereocenters. The predicted molar refractivity (Wildman–Crippen MR) is 56.2 cm³/mol. The van der Waals surface area contributed by atoms with Gasteiger partial charge in [-0.25, -0.2) is 0 Å². The van der Waals surface area contributed by atoms with Crippen molar-refractivity contribution in [2.45, 2.75) is 39.2 Å². The molecular formula is C11H21NO2. The SMILES string of the molecule is CC(C)C(N(C)C)C1(C(=O)O)CCC1.